The van der Waals surface area contributed by atoms with E-state index in [1.54, 1.807) is 23.2 Å². The Morgan fingerprint density at radius 1 is 1.35 bits per heavy atom. The number of carbonyl (C=O) groups is 1. The van der Waals surface area contributed by atoms with E-state index < -0.39 is 10.0 Å². The van der Waals surface area contributed by atoms with Crippen LogP contribution < -0.4 is 9.62 Å². The standard InChI is InChI=1S/C18H22N4O3S/c1-13(23)22-8-5-15-2-3-16(11-17(15)22)26(24,25)20-12-14-4-7-21-9-6-19-18(21)10-14/h2-3,6,9,11,14,20H,4-5,7-8,10,12H2,1H3/t14-/m0/s1. The number of fused-ring (bicyclic) bond motifs is 2. The molecule has 26 heavy (non-hydrogen) atoms. The third kappa shape index (κ3) is 3.14. The van der Waals surface area contributed by atoms with Crippen molar-refractivity contribution in [3.63, 3.8) is 0 Å². The lowest BCUT2D eigenvalue weighted by molar-refractivity contribution is -0.116. The van der Waals surface area contributed by atoms with Gasteiger partial charge in [0, 0.05) is 51.1 Å². The maximum absolute atomic E-state index is 12.7. The first-order chi connectivity index (χ1) is 12.4. The number of aryl methyl sites for hydroxylation is 1. The van der Waals surface area contributed by atoms with Gasteiger partial charge in [0.2, 0.25) is 15.9 Å². The lowest BCUT2D eigenvalue weighted by Gasteiger charge is -2.23. The molecular weight excluding hydrogens is 352 g/mol. The predicted molar refractivity (Wildman–Crippen MR) is 97.4 cm³/mol. The van der Waals surface area contributed by atoms with E-state index in [4.69, 9.17) is 0 Å². The van der Waals surface area contributed by atoms with Gasteiger partial charge < -0.3 is 9.47 Å². The van der Waals surface area contributed by atoms with Crippen molar-refractivity contribution in [3.8, 4) is 0 Å². The van der Waals surface area contributed by atoms with Crippen molar-refractivity contribution in [2.75, 3.05) is 18.0 Å². The molecule has 1 aromatic heterocycles. The Bertz CT molecular complexity index is 951. The topological polar surface area (TPSA) is 84.3 Å². The van der Waals surface area contributed by atoms with Crippen LogP contribution in [0.4, 0.5) is 5.69 Å². The number of imidazole rings is 1. The normalized spacial score (nSPS) is 19.3. The van der Waals surface area contributed by atoms with E-state index in [2.05, 4.69) is 14.3 Å². The Hall–Kier alpha value is -2.19. The van der Waals surface area contributed by atoms with Gasteiger partial charge in [-0.2, -0.15) is 0 Å². The van der Waals surface area contributed by atoms with Crippen LogP contribution in [0.2, 0.25) is 0 Å². The Morgan fingerprint density at radius 3 is 3.00 bits per heavy atom. The van der Waals surface area contributed by atoms with Crippen LogP contribution in [0.5, 0.6) is 0 Å². The highest BCUT2D eigenvalue weighted by atomic mass is 32.2. The first-order valence-corrected chi connectivity index (χ1v) is 10.3. The van der Waals surface area contributed by atoms with Crippen molar-refractivity contribution in [1.29, 1.82) is 0 Å². The molecule has 0 radical (unpaired) electrons. The van der Waals surface area contributed by atoms with Gasteiger partial charge in [-0.05, 0) is 36.5 Å². The summed E-state index contributed by atoms with van der Waals surface area (Å²) in [6.45, 7) is 3.37. The largest absolute Gasteiger partial charge is 0.335 e. The van der Waals surface area contributed by atoms with Gasteiger partial charge in [-0.25, -0.2) is 18.1 Å². The summed E-state index contributed by atoms with van der Waals surface area (Å²) in [5.41, 5.74) is 1.72. The molecule has 8 heteroatoms. The molecule has 0 fully saturated rings. The number of nitrogens with one attached hydrogen (secondary N) is 1. The monoisotopic (exact) mass is 374 g/mol. The zero-order valence-electron chi connectivity index (χ0n) is 14.7. The minimum Gasteiger partial charge on any atom is -0.335 e. The molecule has 0 saturated carbocycles. The number of hydrogen-bond acceptors (Lipinski definition) is 4. The molecule has 4 rings (SSSR count). The van der Waals surface area contributed by atoms with Gasteiger partial charge in [-0.15, -0.1) is 0 Å². The molecule has 2 aromatic rings. The number of anilines is 1. The molecule has 138 valence electrons. The molecule has 0 bridgehead atoms. The summed E-state index contributed by atoms with van der Waals surface area (Å²) in [6, 6.07) is 5.04. The molecular formula is C18H22N4O3S. The maximum atomic E-state index is 12.7. The lowest BCUT2D eigenvalue weighted by atomic mass is 9.98. The third-order valence-corrected chi connectivity index (χ3v) is 6.68. The molecule has 0 saturated heterocycles. The SMILES string of the molecule is CC(=O)N1CCc2ccc(S(=O)(=O)NC[C@H]3CCn4ccnc4C3)cc21. The van der Waals surface area contributed by atoms with Crippen molar-refractivity contribution in [3.05, 3.63) is 42.0 Å². The van der Waals surface area contributed by atoms with Crippen LogP contribution in [0.3, 0.4) is 0 Å². The molecule has 1 aromatic carbocycles. The fraction of sp³-hybridized carbons (Fsp3) is 0.444. The molecule has 1 amide bonds. The molecule has 2 aliphatic rings. The summed E-state index contributed by atoms with van der Waals surface area (Å²) in [5.74, 6) is 1.18. The van der Waals surface area contributed by atoms with E-state index >= 15 is 0 Å². The van der Waals surface area contributed by atoms with Gasteiger partial charge in [0.15, 0.2) is 0 Å². The Labute approximate surface area is 153 Å². The summed E-state index contributed by atoms with van der Waals surface area (Å²) in [5, 5.41) is 0. The molecule has 0 unspecified atom stereocenters. The smallest absolute Gasteiger partial charge is 0.240 e. The molecule has 2 aliphatic heterocycles. The number of carbonyl (C=O) groups excluding carboxylic acids is 1. The quantitative estimate of drug-likeness (QED) is 0.875. The van der Waals surface area contributed by atoms with Crippen LogP contribution in [0.25, 0.3) is 0 Å². The highest BCUT2D eigenvalue weighted by molar-refractivity contribution is 7.89. The van der Waals surface area contributed by atoms with Crippen LogP contribution in [-0.4, -0.2) is 37.0 Å². The average Bonchev–Trinajstić information content (AvgIpc) is 3.25. The average molecular weight is 374 g/mol. The van der Waals surface area contributed by atoms with E-state index in [0.29, 0.717) is 18.8 Å². The number of aromatic nitrogens is 2. The number of hydrogen-bond donors (Lipinski definition) is 1. The Kier molecular flexibility index (Phi) is 4.32. The van der Waals surface area contributed by atoms with Crippen molar-refractivity contribution in [2.45, 2.75) is 37.6 Å². The second kappa shape index (κ2) is 6.51. The van der Waals surface area contributed by atoms with Crippen LogP contribution in [-0.2, 0) is 34.2 Å². The van der Waals surface area contributed by atoms with E-state index in [1.165, 1.54) is 6.92 Å². The number of benzene rings is 1. The van der Waals surface area contributed by atoms with Crippen molar-refractivity contribution in [1.82, 2.24) is 14.3 Å². The van der Waals surface area contributed by atoms with E-state index in [-0.39, 0.29) is 16.7 Å². The van der Waals surface area contributed by atoms with Gasteiger partial charge in [0.1, 0.15) is 5.82 Å². The van der Waals surface area contributed by atoms with Gasteiger partial charge in [0.05, 0.1) is 4.90 Å². The Morgan fingerprint density at radius 2 is 2.19 bits per heavy atom. The van der Waals surface area contributed by atoms with E-state index in [9.17, 15) is 13.2 Å². The zero-order chi connectivity index (χ0) is 18.3. The van der Waals surface area contributed by atoms with Crippen LogP contribution in [0.15, 0.2) is 35.5 Å². The summed E-state index contributed by atoms with van der Waals surface area (Å²) >= 11 is 0. The maximum Gasteiger partial charge on any atom is 0.240 e. The molecule has 1 N–H and O–H groups in total. The number of amides is 1. The van der Waals surface area contributed by atoms with Crippen LogP contribution in [0, 0.1) is 5.92 Å². The molecule has 0 spiro atoms. The van der Waals surface area contributed by atoms with Gasteiger partial charge >= 0.3 is 0 Å². The summed E-state index contributed by atoms with van der Waals surface area (Å²) in [6.07, 6.45) is 6.21. The zero-order valence-corrected chi connectivity index (χ0v) is 15.5. The number of nitrogens with zero attached hydrogens (tertiary/aromatic N) is 3. The second-order valence-corrected chi connectivity index (χ2v) is 8.73. The third-order valence-electron chi connectivity index (χ3n) is 5.26. The van der Waals surface area contributed by atoms with E-state index in [0.717, 1.165) is 37.2 Å². The molecule has 7 nitrogen and oxygen atoms in total. The summed E-state index contributed by atoms with van der Waals surface area (Å²) in [4.78, 5) is 17.9. The highest BCUT2D eigenvalue weighted by Crippen LogP contribution is 2.30. The lowest BCUT2D eigenvalue weighted by Crippen LogP contribution is -2.33. The number of rotatable bonds is 4. The van der Waals surface area contributed by atoms with Crippen molar-refractivity contribution >= 4 is 21.6 Å². The van der Waals surface area contributed by atoms with Crippen molar-refractivity contribution in [2.24, 2.45) is 5.92 Å². The van der Waals surface area contributed by atoms with E-state index in [1.807, 2.05) is 12.3 Å². The molecule has 0 aliphatic carbocycles. The summed E-state index contributed by atoms with van der Waals surface area (Å²) in [7, 11) is -3.61. The highest BCUT2D eigenvalue weighted by Gasteiger charge is 2.26. The minimum absolute atomic E-state index is 0.0658. The Balaban J connectivity index is 1.48. The van der Waals surface area contributed by atoms with Gasteiger partial charge in [-0.3, -0.25) is 4.79 Å². The number of sulfonamides is 1. The minimum atomic E-state index is -3.61. The molecule has 3 heterocycles. The van der Waals surface area contributed by atoms with Crippen LogP contribution in [0.1, 0.15) is 24.7 Å². The second-order valence-electron chi connectivity index (χ2n) is 6.96. The summed E-state index contributed by atoms with van der Waals surface area (Å²) < 4.78 is 30.3. The van der Waals surface area contributed by atoms with Crippen LogP contribution >= 0.6 is 0 Å². The predicted octanol–water partition coefficient (Wildman–Crippen LogP) is 1.33. The first-order valence-electron chi connectivity index (χ1n) is 8.85. The fourth-order valence-electron chi connectivity index (χ4n) is 3.75. The fourth-order valence-corrected chi connectivity index (χ4v) is 4.89. The first kappa shape index (κ1) is 17.2. The molecule has 1 atom stereocenters. The van der Waals surface area contributed by atoms with Crippen molar-refractivity contribution < 1.29 is 13.2 Å². The van der Waals surface area contributed by atoms with Gasteiger partial charge in [-0.1, -0.05) is 6.07 Å². The van der Waals surface area contributed by atoms with Gasteiger partial charge in [0.25, 0.3) is 0 Å².